The van der Waals surface area contributed by atoms with E-state index < -0.39 is 11.6 Å². The highest BCUT2D eigenvalue weighted by molar-refractivity contribution is 5.82. The van der Waals surface area contributed by atoms with E-state index >= 15 is 0 Å². The molecule has 0 amide bonds. The Bertz CT molecular complexity index is 507. The lowest BCUT2D eigenvalue weighted by Crippen LogP contribution is -1.89. The molecular formula is C13H9F2N. The molecule has 16 heavy (non-hydrogen) atoms. The minimum atomic E-state index is -0.485. The van der Waals surface area contributed by atoms with E-state index in [1.807, 2.05) is 18.2 Å². The van der Waals surface area contributed by atoms with Gasteiger partial charge in [-0.2, -0.15) is 0 Å². The van der Waals surface area contributed by atoms with E-state index in [0.717, 1.165) is 18.2 Å². The van der Waals surface area contributed by atoms with Crippen LogP contribution in [0.2, 0.25) is 0 Å². The van der Waals surface area contributed by atoms with E-state index in [1.54, 1.807) is 12.1 Å². The first kappa shape index (κ1) is 10.5. The minimum Gasteiger partial charge on any atom is -0.256 e. The molecule has 0 fully saturated rings. The topological polar surface area (TPSA) is 12.4 Å². The van der Waals surface area contributed by atoms with Gasteiger partial charge in [0.05, 0.1) is 5.69 Å². The van der Waals surface area contributed by atoms with Gasteiger partial charge in [0.1, 0.15) is 11.6 Å². The number of benzene rings is 2. The van der Waals surface area contributed by atoms with Gasteiger partial charge in [0, 0.05) is 11.8 Å². The second-order valence-electron chi connectivity index (χ2n) is 3.26. The van der Waals surface area contributed by atoms with E-state index in [1.165, 1.54) is 6.21 Å². The normalized spacial score (nSPS) is 10.9. The summed E-state index contributed by atoms with van der Waals surface area (Å²) in [5, 5.41) is 0. The van der Waals surface area contributed by atoms with Gasteiger partial charge in [-0.15, -0.1) is 0 Å². The maximum Gasteiger partial charge on any atom is 0.132 e. The quantitative estimate of drug-likeness (QED) is 0.680. The summed E-state index contributed by atoms with van der Waals surface area (Å²) in [6, 6.07) is 12.4. The van der Waals surface area contributed by atoms with Gasteiger partial charge >= 0.3 is 0 Å². The Hall–Kier alpha value is -2.03. The number of rotatable bonds is 2. The molecule has 0 saturated carbocycles. The molecule has 0 aromatic heterocycles. The Kier molecular flexibility index (Phi) is 3.05. The van der Waals surface area contributed by atoms with Crippen molar-refractivity contribution in [2.24, 2.45) is 4.99 Å². The van der Waals surface area contributed by atoms with Crippen molar-refractivity contribution in [1.82, 2.24) is 0 Å². The predicted octanol–water partition coefficient (Wildman–Crippen LogP) is 3.72. The summed E-state index contributed by atoms with van der Waals surface area (Å²) < 4.78 is 26.1. The molecule has 3 heteroatoms. The van der Waals surface area contributed by atoms with E-state index in [9.17, 15) is 8.78 Å². The SMILES string of the molecule is Fc1ccc(F)c(/C=N/c2ccccc2)c1. The summed E-state index contributed by atoms with van der Waals surface area (Å²) in [6.45, 7) is 0. The summed E-state index contributed by atoms with van der Waals surface area (Å²) in [6.07, 6.45) is 1.31. The zero-order valence-corrected chi connectivity index (χ0v) is 8.40. The van der Waals surface area contributed by atoms with Crippen LogP contribution in [0, 0.1) is 11.6 Å². The minimum absolute atomic E-state index is 0.142. The fraction of sp³-hybridized carbons (Fsp3) is 0. The van der Waals surface area contributed by atoms with E-state index in [4.69, 9.17) is 0 Å². The molecule has 2 rings (SSSR count). The molecule has 2 aromatic carbocycles. The van der Waals surface area contributed by atoms with Gasteiger partial charge in [0.2, 0.25) is 0 Å². The Labute approximate surface area is 92.1 Å². The van der Waals surface area contributed by atoms with Crippen molar-refractivity contribution < 1.29 is 8.78 Å². The van der Waals surface area contributed by atoms with Crippen molar-refractivity contribution in [2.75, 3.05) is 0 Å². The number of nitrogens with zero attached hydrogens (tertiary/aromatic N) is 1. The van der Waals surface area contributed by atoms with Crippen LogP contribution in [0.3, 0.4) is 0 Å². The summed E-state index contributed by atoms with van der Waals surface area (Å²) in [4.78, 5) is 4.05. The smallest absolute Gasteiger partial charge is 0.132 e. The van der Waals surface area contributed by atoms with E-state index in [-0.39, 0.29) is 5.56 Å². The number of hydrogen-bond acceptors (Lipinski definition) is 1. The van der Waals surface area contributed by atoms with Crippen LogP contribution in [0.25, 0.3) is 0 Å². The lowest BCUT2D eigenvalue weighted by molar-refractivity contribution is 0.598. The van der Waals surface area contributed by atoms with Gasteiger partial charge < -0.3 is 0 Å². The van der Waals surface area contributed by atoms with Crippen LogP contribution in [0.1, 0.15) is 5.56 Å². The molecule has 0 aliphatic rings. The van der Waals surface area contributed by atoms with Crippen LogP contribution in [-0.2, 0) is 0 Å². The van der Waals surface area contributed by atoms with Crippen molar-refractivity contribution >= 4 is 11.9 Å². The molecule has 0 atom stereocenters. The molecule has 0 aliphatic heterocycles. The van der Waals surface area contributed by atoms with Crippen molar-refractivity contribution in [1.29, 1.82) is 0 Å². The molecular weight excluding hydrogens is 208 g/mol. The highest BCUT2D eigenvalue weighted by Gasteiger charge is 2.00. The lowest BCUT2D eigenvalue weighted by atomic mass is 10.2. The van der Waals surface area contributed by atoms with Gasteiger partial charge in [-0.1, -0.05) is 18.2 Å². The molecule has 0 heterocycles. The van der Waals surface area contributed by atoms with Gasteiger partial charge in [-0.25, -0.2) is 8.78 Å². The molecule has 80 valence electrons. The molecule has 0 unspecified atom stereocenters. The number of para-hydroxylation sites is 1. The van der Waals surface area contributed by atoms with Gasteiger partial charge in [0.15, 0.2) is 0 Å². The van der Waals surface area contributed by atoms with E-state index in [0.29, 0.717) is 5.69 Å². The first-order valence-corrected chi connectivity index (χ1v) is 4.80. The van der Waals surface area contributed by atoms with Crippen molar-refractivity contribution in [3.05, 3.63) is 65.7 Å². The van der Waals surface area contributed by atoms with Gasteiger partial charge in [-0.3, -0.25) is 4.99 Å². The number of hydrogen-bond donors (Lipinski definition) is 0. The first-order valence-electron chi connectivity index (χ1n) is 4.80. The third kappa shape index (κ3) is 2.51. The second kappa shape index (κ2) is 4.66. The van der Waals surface area contributed by atoms with E-state index in [2.05, 4.69) is 4.99 Å². The summed E-state index contributed by atoms with van der Waals surface area (Å²) in [5.41, 5.74) is 0.843. The highest BCUT2D eigenvalue weighted by atomic mass is 19.1. The summed E-state index contributed by atoms with van der Waals surface area (Å²) in [7, 11) is 0. The molecule has 0 spiro atoms. The molecule has 0 radical (unpaired) electrons. The molecule has 2 aromatic rings. The molecule has 0 bridgehead atoms. The predicted molar refractivity (Wildman–Crippen MR) is 60.1 cm³/mol. The van der Waals surface area contributed by atoms with Gasteiger partial charge in [-0.05, 0) is 30.3 Å². The second-order valence-corrected chi connectivity index (χ2v) is 3.26. The largest absolute Gasteiger partial charge is 0.256 e. The van der Waals surface area contributed by atoms with Crippen LogP contribution < -0.4 is 0 Å². The maximum atomic E-state index is 13.2. The average Bonchev–Trinajstić information content (AvgIpc) is 2.32. The summed E-state index contributed by atoms with van der Waals surface area (Å²) in [5.74, 6) is -0.961. The zero-order valence-electron chi connectivity index (χ0n) is 8.40. The van der Waals surface area contributed by atoms with Crippen LogP contribution in [0.15, 0.2) is 53.5 Å². The van der Waals surface area contributed by atoms with Crippen LogP contribution in [-0.4, -0.2) is 6.21 Å². The fourth-order valence-electron chi connectivity index (χ4n) is 1.27. The van der Waals surface area contributed by atoms with Crippen molar-refractivity contribution in [3.8, 4) is 0 Å². The standard InChI is InChI=1S/C13H9F2N/c14-11-6-7-13(15)10(8-11)9-16-12-4-2-1-3-5-12/h1-9H/b16-9+. The zero-order chi connectivity index (χ0) is 11.4. The number of halogens is 2. The monoisotopic (exact) mass is 217 g/mol. The highest BCUT2D eigenvalue weighted by Crippen LogP contribution is 2.12. The Balaban J connectivity index is 2.27. The Morgan fingerprint density at radius 1 is 0.938 bits per heavy atom. The van der Waals surface area contributed by atoms with Crippen molar-refractivity contribution in [3.63, 3.8) is 0 Å². The molecule has 1 nitrogen and oxygen atoms in total. The lowest BCUT2D eigenvalue weighted by Gasteiger charge is -1.96. The first-order chi connectivity index (χ1) is 7.75. The maximum absolute atomic E-state index is 13.2. The molecule has 0 aliphatic carbocycles. The summed E-state index contributed by atoms with van der Waals surface area (Å²) >= 11 is 0. The van der Waals surface area contributed by atoms with Gasteiger partial charge in [0.25, 0.3) is 0 Å². The Morgan fingerprint density at radius 2 is 1.69 bits per heavy atom. The van der Waals surface area contributed by atoms with Crippen LogP contribution in [0.4, 0.5) is 14.5 Å². The third-order valence-electron chi connectivity index (χ3n) is 2.07. The number of aliphatic imine (C=N–C) groups is 1. The Morgan fingerprint density at radius 3 is 2.44 bits per heavy atom. The third-order valence-corrected chi connectivity index (χ3v) is 2.07. The molecule has 0 N–H and O–H groups in total. The van der Waals surface area contributed by atoms with Crippen LogP contribution in [0.5, 0.6) is 0 Å². The average molecular weight is 217 g/mol. The van der Waals surface area contributed by atoms with Crippen molar-refractivity contribution in [2.45, 2.75) is 0 Å². The fourth-order valence-corrected chi connectivity index (χ4v) is 1.27. The molecule has 0 saturated heterocycles. The van der Waals surface area contributed by atoms with Crippen LogP contribution >= 0.6 is 0 Å².